The van der Waals surface area contributed by atoms with Crippen LogP contribution in [0.1, 0.15) is 0 Å². The highest BCUT2D eigenvalue weighted by Gasteiger charge is 1.52. The van der Waals surface area contributed by atoms with Crippen molar-refractivity contribution in [1.29, 1.82) is 0 Å². The van der Waals surface area contributed by atoms with E-state index in [-0.39, 0.29) is 0 Å². The molecule has 4 heavy (non-hydrogen) atoms. The smallest absolute Gasteiger partial charge is 0.146 e. The summed E-state index contributed by atoms with van der Waals surface area (Å²) in [5.74, 6) is 0. The second-order valence-corrected chi connectivity index (χ2v) is 0.149. The topological polar surface area (TPSA) is 58.6 Å². The highest BCUT2D eigenvalue weighted by molar-refractivity contribution is 3.86. The first-order valence-corrected chi connectivity index (χ1v) is 0.532. The van der Waals surface area contributed by atoms with Gasteiger partial charge in [0.25, 0.3) is 0 Å². The van der Waals surface area contributed by atoms with Gasteiger partial charge < -0.3 is 0 Å². The quantitative estimate of drug-likeness (QED) is 0.244. The summed E-state index contributed by atoms with van der Waals surface area (Å²) in [6.45, 7) is 0. The number of hydrogen-bond acceptors (Lipinski definition) is 3. The molecule has 0 unspecified atom stereocenters. The monoisotopic (exact) mass is 62.0 g/mol. The predicted molar refractivity (Wildman–Crippen MR) is 7.57 cm³/mol. The van der Waals surface area contributed by atoms with E-state index >= 15 is 0 Å². The third-order valence-corrected chi connectivity index (χ3v) is 0.0304. The molecule has 0 aromatic heterocycles. The van der Waals surface area contributed by atoms with Gasteiger partial charge in [-0.1, -0.05) is 0 Å². The lowest BCUT2D eigenvalue weighted by atomic mass is 13.4. The lowest BCUT2D eigenvalue weighted by molar-refractivity contribution is -0.306. The highest BCUT2D eigenvalue weighted by Crippen LogP contribution is 1.53. The van der Waals surface area contributed by atoms with Crippen molar-refractivity contribution in [1.82, 2.24) is 0 Å². The molecule has 4 heteroatoms. The first-order valence-electron chi connectivity index (χ1n) is 0.532. The Morgan fingerprint density at radius 2 is 2.00 bits per heavy atom. The average Bonchev–Trinajstić information content (AvgIpc) is 1.37. The lowest BCUT2D eigenvalue weighted by Crippen LogP contribution is -1.51. The lowest BCUT2D eigenvalue weighted by Gasteiger charge is -1.52. The van der Waals surface area contributed by atoms with Crippen LogP contribution in [0.25, 0.3) is 0 Å². The molecule has 0 spiro atoms. The molecule has 0 rings (SSSR count). The van der Waals surface area contributed by atoms with Crippen LogP contribution in [0.4, 0.5) is 0 Å². The Bertz CT molecular complexity index is 17.2. The van der Waals surface area contributed by atoms with Gasteiger partial charge in [0.05, 0.1) is 5.26 Å². The molecule has 23 valence electrons. The normalized spacial score (nSPS) is 5.25. The molecule has 0 aromatic rings. The van der Waals surface area contributed by atoms with Gasteiger partial charge in [-0.2, -0.15) is 0 Å². The molecule has 0 heterocycles. The molecule has 0 aliphatic rings. The van der Waals surface area contributed by atoms with E-state index in [2.05, 4.69) is 4.99 Å². The number of nitrogens with zero attached hydrogens (tertiary/aromatic N) is 1. The van der Waals surface area contributed by atoms with E-state index < -0.39 is 0 Å². The molecule has 0 fully saturated rings. The van der Waals surface area contributed by atoms with E-state index in [4.69, 9.17) is 10.2 Å². The maximum Gasteiger partial charge on any atom is 0.193 e. The molecule has 1 radical (unpaired) electrons. The van der Waals surface area contributed by atoms with Gasteiger partial charge in [0.1, 0.15) is 0 Å². The predicted octanol–water partition coefficient (Wildman–Crippen LogP) is 0.0299. The molecule has 0 amide bonds. The van der Waals surface area contributed by atoms with E-state index in [0.717, 1.165) is 0 Å². The summed E-state index contributed by atoms with van der Waals surface area (Å²) >= 11 is 0. The average molecular weight is 62.0 g/mol. The summed E-state index contributed by atoms with van der Waals surface area (Å²) in [6, 6.07) is 0. The molecule has 0 saturated heterocycles. The Kier molecular flexibility index (Phi) is 1.98. The zero-order chi connectivity index (χ0) is 3.41. The fourth-order valence-electron chi connectivity index (χ4n) is 0. The molecular formula is NO3. The van der Waals surface area contributed by atoms with Gasteiger partial charge in [-0.15, -0.1) is 9.90 Å². The van der Waals surface area contributed by atoms with Crippen LogP contribution >= 0.6 is 0 Å². The maximum atomic E-state index is 8.39. The van der Waals surface area contributed by atoms with E-state index in [1.807, 2.05) is 0 Å². The summed E-state index contributed by atoms with van der Waals surface area (Å²) < 4.78 is 0. The largest absolute Gasteiger partial charge is 0.193 e. The molecule has 0 aromatic carbocycles. The van der Waals surface area contributed by atoms with Crippen LogP contribution < -0.4 is 0 Å². The molecule has 0 aliphatic heterocycles. The van der Waals surface area contributed by atoms with Crippen molar-refractivity contribution < 1.29 is 10.2 Å². The van der Waals surface area contributed by atoms with Gasteiger partial charge in [0.15, 0.2) is 5.34 Å². The maximum absolute atomic E-state index is 8.39. The van der Waals surface area contributed by atoms with E-state index in [0.29, 0.717) is 0 Å². The fraction of sp³-hybridized carbons (Fsp3) is 0. The van der Waals surface area contributed by atoms with E-state index in [9.17, 15) is 0 Å². The molecule has 0 N–H and O–H groups in total. The standard InChI is InChI=1S/NO3/c2-1-4-3. The Balaban J connectivity index is 2.30. The highest BCUT2D eigenvalue weighted by atomic mass is 17.2. The minimum Gasteiger partial charge on any atom is -0.146 e. The van der Waals surface area contributed by atoms with Crippen molar-refractivity contribution in [3.8, 4) is 0 Å². The van der Waals surface area contributed by atoms with Crippen molar-refractivity contribution in [3.63, 3.8) is 0 Å². The first-order chi connectivity index (χ1) is 1.91. The fourth-order valence-corrected chi connectivity index (χ4v) is 0. The van der Waals surface area contributed by atoms with Gasteiger partial charge in [-0.05, 0) is 0 Å². The number of rotatable bonds is 1. The van der Waals surface area contributed by atoms with Gasteiger partial charge in [0, 0.05) is 0 Å². The third-order valence-electron chi connectivity index (χ3n) is 0.0304. The van der Waals surface area contributed by atoms with Crippen LogP contribution in [0.5, 0.6) is 0 Å². The second-order valence-electron chi connectivity index (χ2n) is 0.149. The summed E-state index contributed by atoms with van der Waals surface area (Å²) in [6.07, 6.45) is 0. The molecule has 0 atom stereocenters. The van der Waals surface area contributed by atoms with Crippen LogP contribution in [0, 0.1) is 4.91 Å². The van der Waals surface area contributed by atoms with Crippen molar-refractivity contribution in [2.45, 2.75) is 0 Å². The zero-order valence-electron chi connectivity index (χ0n) is 1.67. The Morgan fingerprint density at radius 3 is 2.00 bits per heavy atom. The first kappa shape index (κ1) is 3.36. The Hall–Kier alpha value is -0.640. The summed E-state index contributed by atoms with van der Waals surface area (Å²) in [5.41, 5.74) is 0. The minimum absolute atomic E-state index is 1.43. The van der Waals surface area contributed by atoms with Crippen LogP contribution in [-0.4, -0.2) is 0 Å². The van der Waals surface area contributed by atoms with Crippen molar-refractivity contribution in [2.24, 2.45) is 5.34 Å². The zero-order valence-corrected chi connectivity index (χ0v) is 1.67. The van der Waals surface area contributed by atoms with Crippen molar-refractivity contribution in [3.05, 3.63) is 4.91 Å². The summed E-state index contributed by atoms with van der Waals surface area (Å²) in [7, 11) is 0. The number of hydrogen-bond donors (Lipinski definition) is 0. The molecular weight excluding hydrogens is 62.0 g/mol. The SMILES string of the molecule is [O]ON=O. The molecule has 0 saturated carbocycles. The van der Waals surface area contributed by atoms with Crippen LogP contribution in [0.3, 0.4) is 0 Å². The van der Waals surface area contributed by atoms with Crippen LogP contribution in [-0.2, 0) is 10.2 Å². The minimum atomic E-state index is 1.43. The Morgan fingerprint density at radius 1 is 1.75 bits per heavy atom. The van der Waals surface area contributed by atoms with Gasteiger partial charge in [-0.25, -0.2) is 0 Å². The molecule has 4 nitrogen and oxygen atoms in total. The van der Waals surface area contributed by atoms with Crippen molar-refractivity contribution >= 4 is 0 Å². The Labute approximate surface area is 21.9 Å². The van der Waals surface area contributed by atoms with E-state index in [1.165, 1.54) is 5.34 Å². The van der Waals surface area contributed by atoms with Crippen molar-refractivity contribution in [2.75, 3.05) is 0 Å². The van der Waals surface area contributed by atoms with Gasteiger partial charge in [-0.3, -0.25) is 0 Å². The third kappa shape index (κ3) is 1.36. The van der Waals surface area contributed by atoms with Crippen LogP contribution in [0.15, 0.2) is 5.34 Å². The molecule has 0 aliphatic carbocycles. The van der Waals surface area contributed by atoms with E-state index in [1.54, 1.807) is 0 Å². The molecule has 0 bridgehead atoms. The van der Waals surface area contributed by atoms with Gasteiger partial charge >= 0.3 is 0 Å². The summed E-state index contributed by atoms with van der Waals surface area (Å²) in [5, 5.41) is 9.75. The van der Waals surface area contributed by atoms with Gasteiger partial charge in [0.2, 0.25) is 0 Å². The summed E-state index contributed by atoms with van der Waals surface area (Å²) in [4.78, 5) is 10.8. The van der Waals surface area contributed by atoms with Crippen LogP contribution in [0.2, 0.25) is 0 Å². The second kappa shape index (κ2) is 2.36.